The number of nitrogens with zero attached hydrogens (tertiary/aromatic N) is 4. The molecule has 0 radical (unpaired) electrons. The number of hydrogen-bond acceptors (Lipinski definition) is 9. The van der Waals surface area contributed by atoms with Crippen LogP contribution in [0.3, 0.4) is 0 Å². The predicted molar refractivity (Wildman–Crippen MR) is 114 cm³/mol. The Hall–Kier alpha value is -3.09. The van der Waals surface area contributed by atoms with Gasteiger partial charge in [-0.3, -0.25) is 10.3 Å². The molecule has 188 valence electrons. The fourth-order valence-electron chi connectivity index (χ4n) is 3.54. The first kappa shape index (κ1) is 25.5. The van der Waals surface area contributed by atoms with Crippen molar-refractivity contribution in [3.8, 4) is 0 Å². The van der Waals surface area contributed by atoms with E-state index in [4.69, 9.17) is 9.57 Å². The van der Waals surface area contributed by atoms with Gasteiger partial charge in [0.2, 0.25) is 5.95 Å². The van der Waals surface area contributed by atoms with Crippen molar-refractivity contribution in [3.05, 3.63) is 29.2 Å². The lowest BCUT2D eigenvalue weighted by molar-refractivity contribution is -0.141. The third-order valence-corrected chi connectivity index (χ3v) is 5.34. The summed E-state index contributed by atoms with van der Waals surface area (Å²) in [6.45, 7) is 5.29. The summed E-state index contributed by atoms with van der Waals surface area (Å²) in [6, 6.07) is 0. The molecule has 0 aromatic carbocycles. The summed E-state index contributed by atoms with van der Waals surface area (Å²) < 4.78 is 49.7. The number of aromatic nitrogens is 2. The van der Waals surface area contributed by atoms with Crippen LogP contribution in [0, 0.1) is 0 Å². The van der Waals surface area contributed by atoms with E-state index in [1.165, 1.54) is 0 Å². The molecule has 0 spiro atoms. The lowest BCUT2D eigenvalue weighted by Gasteiger charge is -2.32. The van der Waals surface area contributed by atoms with Crippen molar-refractivity contribution in [3.63, 3.8) is 0 Å². The first-order valence-electron chi connectivity index (χ1n) is 10.9. The van der Waals surface area contributed by atoms with Gasteiger partial charge < -0.3 is 19.3 Å². The Morgan fingerprint density at radius 3 is 2.47 bits per heavy atom. The number of esters is 1. The molecule has 1 fully saturated rings. The summed E-state index contributed by atoms with van der Waals surface area (Å²) in [4.78, 5) is 40.1. The SMILES string of the molecule is COC(=O)c1cnc(N2CC=C(NOC3CCN(C(=O)OC(C)C)CC3)CC2)nc1C(F)(F)F. The zero-order chi connectivity index (χ0) is 24.9. The number of carbonyl (C=O) groups excluding carboxylic acids is 2. The van der Waals surface area contributed by atoms with E-state index in [9.17, 15) is 22.8 Å². The highest BCUT2D eigenvalue weighted by Gasteiger charge is 2.39. The van der Waals surface area contributed by atoms with Crippen molar-refractivity contribution < 1.29 is 37.1 Å². The normalized spacial score (nSPS) is 17.4. The molecule has 0 aliphatic carbocycles. The molecule has 2 aliphatic heterocycles. The van der Waals surface area contributed by atoms with Crippen LogP contribution < -0.4 is 10.4 Å². The maximum absolute atomic E-state index is 13.4. The molecule has 1 aromatic heterocycles. The molecule has 0 atom stereocenters. The summed E-state index contributed by atoms with van der Waals surface area (Å²) in [5.41, 5.74) is 1.66. The van der Waals surface area contributed by atoms with Crippen molar-refractivity contribution >= 4 is 18.0 Å². The number of likely N-dealkylation sites (tertiary alicyclic amines) is 1. The molecule has 10 nitrogen and oxygen atoms in total. The molecule has 1 saturated heterocycles. The van der Waals surface area contributed by atoms with Gasteiger partial charge in [0.05, 0.1) is 19.3 Å². The van der Waals surface area contributed by atoms with Crippen LogP contribution in [0.15, 0.2) is 18.0 Å². The molecule has 0 bridgehead atoms. The number of carbonyl (C=O) groups is 2. The number of methoxy groups -OCH3 is 1. The summed E-state index contributed by atoms with van der Waals surface area (Å²) in [5.74, 6) is -1.28. The standard InChI is InChI=1S/C21H28F3N5O5/c1-13(2)33-20(31)29-10-6-15(7-11-29)34-27-14-4-8-28(9-5-14)19-25-12-16(18(30)32-3)17(26-19)21(22,23)24/h4,12-13,15,27H,5-11H2,1-3H3. The molecule has 0 unspecified atom stereocenters. The Bertz CT molecular complexity index is 917. The van der Waals surface area contributed by atoms with Crippen molar-refractivity contribution in [2.75, 3.05) is 38.2 Å². The molecule has 1 amide bonds. The Labute approximate surface area is 195 Å². The molecule has 3 heterocycles. The number of hydrogen-bond donors (Lipinski definition) is 1. The second-order valence-corrected chi connectivity index (χ2v) is 8.19. The van der Waals surface area contributed by atoms with E-state index in [1.54, 1.807) is 29.7 Å². The number of amides is 1. The third kappa shape index (κ3) is 6.49. The van der Waals surface area contributed by atoms with Crippen LogP contribution in [0.25, 0.3) is 0 Å². The first-order chi connectivity index (χ1) is 16.1. The number of rotatable bonds is 6. The fourth-order valence-corrected chi connectivity index (χ4v) is 3.54. The summed E-state index contributed by atoms with van der Waals surface area (Å²) in [5, 5.41) is 0. The number of alkyl halides is 3. The van der Waals surface area contributed by atoms with Crippen molar-refractivity contribution in [1.82, 2.24) is 20.3 Å². The van der Waals surface area contributed by atoms with Crippen molar-refractivity contribution in [1.29, 1.82) is 0 Å². The van der Waals surface area contributed by atoms with Gasteiger partial charge in [0.15, 0.2) is 5.69 Å². The van der Waals surface area contributed by atoms with Gasteiger partial charge in [0.25, 0.3) is 0 Å². The van der Waals surface area contributed by atoms with Gasteiger partial charge in [0, 0.05) is 44.5 Å². The second kappa shape index (κ2) is 10.9. The van der Waals surface area contributed by atoms with E-state index in [2.05, 4.69) is 20.2 Å². The Morgan fingerprint density at radius 2 is 1.91 bits per heavy atom. The van der Waals surface area contributed by atoms with E-state index in [-0.39, 0.29) is 30.8 Å². The van der Waals surface area contributed by atoms with Crippen LogP contribution in [0.5, 0.6) is 0 Å². The quantitative estimate of drug-likeness (QED) is 0.479. The number of hydroxylamine groups is 1. The van der Waals surface area contributed by atoms with Crippen molar-refractivity contribution in [2.24, 2.45) is 0 Å². The Balaban J connectivity index is 1.52. The van der Waals surface area contributed by atoms with Crippen LogP contribution in [0.4, 0.5) is 23.9 Å². The number of nitrogens with one attached hydrogen (secondary N) is 1. The minimum Gasteiger partial charge on any atom is -0.465 e. The number of anilines is 1. The molecular weight excluding hydrogens is 459 g/mol. The topological polar surface area (TPSA) is 106 Å². The molecular formula is C21H28F3N5O5. The summed E-state index contributed by atoms with van der Waals surface area (Å²) in [6.07, 6.45) is -1.00. The average molecular weight is 487 g/mol. The third-order valence-electron chi connectivity index (χ3n) is 5.34. The fraction of sp³-hybridized carbons (Fsp3) is 0.619. The highest BCUT2D eigenvalue weighted by molar-refractivity contribution is 5.90. The highest BCUT2D eigenvalue weighted by Crippen LogP contribution is 2.32. The van der Waals surface area contributed by atoms with Gasteiger partial charge in [-0.05, 0) is 32.8 Å². The number of ether oxygens (including phenoxy) is 2. The van der Waals surface area contributed by atoms with E-state index >= 15 is 0 Å². The van der Waals surface area contributed by atoms with Gasteiger partial charge in [-0.2, -0.15) is 13.2 Å². The molecule has 13 heteroatoms. The Kier molecular flexibility index (Phi) is 8.18. The minimum atomic E-state index is -4.82. The maximum atomic E-state index is 13.4. The van der Waals surface area contributed by atoms with E-state index in [0.717, 1.165) is 19.0 Å². The zero-order valence-corrected chi connectivity index (χ0v) is 19.2. The average Bonchev–Trinajstić information content (AvgIpc) is 2.81. The molecule has 0 saturated carbocycles. The molecule has 34 heavy (non-hydrogen) atoms. The molecule has 1 aromatic rings. The smallest absolute Gasteiger partial charge is 0.434 e. The highest BCUT2D eigenvalue weighted by atomic mass is 19.4. The van der Waals surface area contributed by atoms with Gasteiger partial charge in [-0.15, -0.1) is 0 Å². The molecule has 2 aliphatic rings. The van der Waals surface area contributed by atoms with Crippen molar-refractivity contribution in [2.45, 2.75) is 51.5 Å². The minimum absolute atomic E-state index is 0.0782. The van der Waals surface area contributed by atoms with Crippen LogP contribution in [-0.2, 0) is 20.5 Å². The van der Waals surface area contributed by atoms with E-state index in [0.29, 0.717) is 38.9 Å². The van der Waals surface area contributed by atoms with Gasteiger partial charge in [0.1, 0.15) is 5.56 Å². The first-order valence-corrected chi connectivity index (χ1v) is 10.9. The Morgan fingerprint density at radius 1 is 1.21 bits per heavy atom. The summed E-state index contributed by atoms with van der Waals surface area (Å²) in [7, 11) is 0.993. The summed E-state index contributed by atoms with van der Waals surface area (Å²) >= 11 is 0. The predicted octanol–water partition coefficient (Wildman–Crippen LogP) is 2.91. The molecule has 3 rings (SSSR count). The molecule has 1 N–H and O–H groups in total. The monoisotopic (exact) mass is 487 g/mol. The largest absolute Gasteiger partial charge is 0.465 e. The van der Waals surface area contributed by atoms with Gasteiger partial charge in [-0.1, -0.05) is 0 Å². The van der Waals surface area contributed by atoms with Gasteiger partial charge >= 0.3 is 18.2 Å². The number of halogens is 3. The lowest BCUT2D eigenvalue weighted by Crippen LogP contribution is -2.43. The van der Waals surface area contributed by atoms with Crippen LogP contribution >= 0.6 is 0 Å². The van der Waals surface area contributed by atoms with Crippen LogP contribution in [0.1, 0.15) is 49.2 Å². The van der Waals surface area contributed by atoms with E-state index in [1.807, 2.05) is 0 Å². The zero-order valence-electron chi connectivity index (χ0n) is 19.2. The lowest BCUT2D eigenvalue weighted by atomic mass is 10.1. The second-order valence-electron chi connectivity index (χ2n) is 8.19. The maximum Gasteiger partial charge on any atom is 0.434 e. The van der Waals surface area contributed by atoms with Crippen LogP contribution in [-0.4, -0.2) is 72.4 Å². The van der Waals surface area contributed by atoms with Gasteiger partial charge in [-0.25, -0.2) is 19.6 Å². The van der Waals surface area contributed by atoms with E-state index < -0.39 is 23.4 Å². The number of piperidine rings is 1. The van der Waals surface area contributed by atoms with Crippen LogP contribution in [0.2, 0.25) is 0 Å².